The number of methoxy groups -OCH3 is 2. The molecule has 7 nitrogen and oxygen atoms in total. The fraction of sp³-hybridized carbons (Fsp3) is 0.562. The monoisotopic (exact) mass is 392 g/mol. The summed E-state index contributed by atoms with van der Waals surface area (Å²) in [5.41, 5.74) is 0.179. The predicted octanol–water partition coefficient (Wildman–Crippen LogP) is 2.28. The van der Waals surface area contributed by atoms with Crippen LogP contribution in [0.5, 0.6) is 11.5 Å². The zero-order valence-electron chi connectivity index (χ0n) is 15.3. The minimum Gasteiger partial charge on any atom is -0.495 e. The van der Waals surface area contributed by atoms with Crippen molar-refractivity contribution < 1.29 is 22.7 Å². The summed E-state index contributed by atoms with van der Waals surface area (Å²) in [6, 6.07) is 2.79. The maximum atomic E-state index is 12.3. The van der Waals surface area contributed by atoms with E-state index in [1.54, 1.807) is 0 Å². The van der Waals surface area contributed by atoms with Crippen LogP contribution in [-0.2, 0) is 14.8 Å². The fourth-order valence-corrected chi connectivity index (χ4v) is 3.10. The van der Waals surface area contributed by atoms with Gasteiger partial charge in [0.25, 0.3) is 0 Å². The van der Waals surface area contributed by atoms with Crippen LogP contribution in [0.2, 0.25) is 5.02 Å². The van der Waals surface area contributed by atoms with Gasteiger partial charge in [-0.1, -0.05) is 25.4 Å². The first-order valence-corrected chi connectivity index (χ1v) is 9.92. The van der Waals surface area contributed by atoms with Crippen LogP contribution < -0.4 is 19.1 Å². The zero-order valence-corrected chi connectivity index (χ0v) is 16.9. The number of sulfonamides is 1. The third kappa shape index (κ3) is 5.67. The molecule has 0 aromatic heterocycles. The van der Waals surface area contributed by atoms with E-state index in [-0.39, 0.29) is 40.7 Å². The highest BCUT2D eigenvalue weighted by molar-refractivity contribution is 7.92. The third-order valence-electron chi connectivity index (χ3n) is 3.80. The highest BCUT2D eigenvalue weighted by Crippen LogP contribution is 2.38. The van der Waals surface area contributed by atoms with Crippen LogP contribution in [0.3, 0.4) is 0 Å². The van der Waals surface area contributed by atoms with Gasteiger partial charge in [-0.3, -0.25) is 9.10 Å². The molecule has 1 N–H and O–H groups in total. The minimum atomic E-state index is -3.75. The van der Waals surface area contributed by atoms with E-state index in [0.717, 1.165) is 10.6 Å². The molecule has 0 saturated carbocycles. The lowest BCUT2D eigenvalue weighted by Crippen LogP contribution is -2.44. The number of carbonyl (C=O) groups is 1. The molecule has 1 unspecified atom stereocenters. The van der Waals surface area contributed by atoms with Crippen molar-refractivity contribution in [2.75, 3.05) is 31.3 Å². The summed E-state index contributed by atoms with van der Waals surface area (Å²) < 4.78 is 35.8. The van der Waals surface area contributed by atoms with Gasteiger partial charge in [0.1, 0.15) is 18.0 Å². The Morgan fingerprint density at radius 3 is 2.20 bits per heavy atom. The minimum absolute atomic E-state index is 0.0874. The fourth-order valence-electron chi connectivity index (χ4n) is 2.02. The Kier molecular flexibility index (Phi) is 7.37. The van der Waals surface area contributed by atoms with Crippen molar-refractivity contribution in [3.63, 3.8) is 0 Å². The number of ether oxygens (including phenoxy) is 2. The summed E-state index contributed by atoms with van der Waals surface area (Å²) in [4.78, 5) is 12.3. The van der Waals surface area contributed by atoms with Crippen LogP contribution in [0, 0.1) is 5.92 Å². The molecular formula is C16H25ClN2O5S. The smallest absolute Gasteiger partial charge is 0.240 e. The van der Waals surface area contributed by atoms with E-state index in [0.29, 0.717) is 0 Å². The van der Waals surface area contributed by atoms with Crippen LogP contribution in [0.4, 0.5) is 5.69 Å². The van der Waals surface area contributed by atoms with Crippen LogP contribution in [-0.4, -0.2) is 47.4 Å². The molecule has 0 bridgehead atoms. The highest BCUT2D eigenvalue weighted by atomic mass is 35.5. The number of rotatable bonds is 8. The molecule has 0 aliphatic rings. The van der Waals surface area contributed by atoms with E-state index < -0.39 is 15.9 Å². The molecule has 0 fully saturated rings. The summed E-state index contributed by atoms with van der Waals surface area (Å²) in [5, 5.41) is 3.06. The molecule has 1 rings (SSSR count). The molecule has 0 spiro atoms. The van der Waals surface area contributed by atoms with Crippen LogP contribution in [0.25, 0.3) is 0 Å². The molecule has 0 aliphatic heterocycles. The predicted molar refractivity (Wildman–Crippen MR) is 99.2 cm³/mol. The van der Waals surface area contributed by atoms with Gasteiger partial charge in [0, 0.05) is 18.2 Å². The quantitative estimate of drug-likeness (QED) is 0.733. The number of carbonyl (C=O) groups excluding carboxylic acids is 1. The summed E-state index contributed by atoms with van der Waals surface area (Å²) in [6.45, 7) is 5.41. The van der Waals surface area contributed by atoms with Crippen LogP contribution in [0.1, 0.15) is 20.8 Å². The Balaban J connectivity index is 3.27. The number of anilines is 1. The first kappa shape index (κ1) is 21.4. The van der Waals surface area contributed by atoms with Crippen LogP contribution in [0.15, 0.2) is 12.1 Å². The Labute approximate surface area is 154 Å². The van der Waals surface area contributed by atoms with E-state index in [9.17, 15) is 13.2 Å². The molecule has 1 aromatic rings. The van der Waals surface area contributed by atoms with Gasteiger partial charge in [-0.2, -0.15) is 0 Å². The van der Waals surface area contributed by atoms with Gasteiger partial charge in [-0.15, -0.1) is 0 Å². The third-order valence-corrected chi connectivity index (χ3v) is 5.22. The largest absolute Gasteiger partial charge is 0.495 e. The molecular weight excluding hydrogens is 368 g/mol. The molecule has 0 heterocycles. The Bertz CT molecular complexity index is 721. The van der Waals surface area contributed by atoms with E-state index in [1.165, 1.54) is 26.4 Å². The highest BCUT2D eigenvalue weighted by Gasteiger charge is 2.26. The van der Waals surface area contributed by atoms with E-state index in [4.69, 9.17) is 21.1 Å². The maximum Gasteiger partial charge on any atom is 0.240 e. The molecule has 25 heavy (non-hydrogen) atoms. The van der Waals surface area contributed by atoms with Gasteiger partial charge in [0.15, 0.2) is 0 Å². The number of benzene rings is 1. The number of nitrogens with zero attached hydrogens (tertiary/aromatic N) is 1. The first-order valence-electron chi connectivity index (χ1n) is 7.69. The van der Waals surface area contributed by atoms with Crippen molar-refractivity contribution in [2.45, 2.75) is 26.8 Å². The maximum absolute atomic E-state index is 12.3. The Hall–Kier alpha value is -1.67. The van der Waals surface area contributed by atoms with Crippen molar-refractivity contribution in [3.8, 4) is 11.5 Å². The lowest BCUT2D eigenvalue weighted by atomic mass is 10.1. The average molecular weight is 393 g/mol. The van der Waals surface area contributed by atoms with Gasteiger partial charge in [-0.25, -0.2) is 8.42 Å². The van der Waals surface area contributed by atoms with Crippen LogP contribution >= 0.6 is 11.6 Å². The molecule has 1 amide bonds. The van der Waals surface area contributed by atoms with E-state index in [2.05, 4.69) is 5.32 Å². The topological polar surface area (TPSA) is 84.9 Å². The van der Waals surface area contributed by atoms with E-state index >= 15 is 0 Å². The molecule has 0 radical (unpaired) electrons. The average Bonchev–Trinajstić information content (AvgIpc) is 2.51. The SMILES string of the molecule is COc1cc(N(CC(=O)NC(C)C(C)C)S(C)(=O)=O)c(OC)cc1Cl. The first-order chi connectivity index (χ1) is 11.5. The van der Waals surface area contributed by atoms with Gasteiger partial charge < -0.3 is 14.8 Å². The summed E-state index contributed by atoms with van der Waals surface area (Å²) in [7, 11) is -0.938. The van der Waals surface area contributed by atoms with Gasteiger partial charge in [0.05, 0.1) is 31.2 Å². The second kappa shape index (κ2) is 8.62. The molecule has 0 aliphatic carbocycles. The number of hydrogen-bond donors (Lipinski definition) is 1. The van der Waals surface area contributed by atoms with Gasteiger partial charge >= 0.3 is 0 Å². The van der Waals surface area contributed by atoms with Crippen molar-refractivity contribution in [2.24, 2.45) is 5.92 Å². The molecule has 1 atom stereocenters. The molecule has 1 aromatic carbocycles. The second-order valence-electron chi connectivity index (χ2n) is 6.03. The van der Waals surface area contributed by atoms with Crippen molar-refractivity contribution in [1.29, 1.82) is 0 Å². The number of amides is 1. The summed E-state index contributed by atoms with van der Waals surface area (Å²) >= 11 is 6.06. The van der Waals surface area contributed by atoms with Crippen molar-refractivity contribution in [3.05, 3.63) is 17.2 Å². The lowest BCUT2D eigenvalue weighted by Gasteiger charge is -2.26. The molecule has 142 valence electrons. The molecule has 9 heteroatoms. The number of halogens is 1. The van der Waals surface area contributed by atoms with Gasteiger partial charge in [0.2, 0.25) is 15.9 Å². The molecule has 0 saturated heterocycles. The van der Waals surface area contributed by atoms with Gasteiger partial charge in [-0.05, 0) is 12.8 Å². The summed E-state index contributed by atoms with van der Waals surface area (Å²) in [5.74, 6) is 0.311. The van der Waals surface area contributed by atoms with Crippen molar-refractivity contribution >= 4 is 33.2 Å². The Morgan fingerprint density at radius 2 is 1.76 bits per heavy atom. The standard InChI is InChI=1S/C16H25ClN2O5S/c1-10(2)11(3)18-16(20)9-19(25(6,21)22)13-8-14(23-4)12(17)7-15(13)24-5/h7-8,10-11H,9H2,1-6H3,(H,18,20). The lowest BCUT2D eigenvalue weighted by molar-refractivity contribution is -0.120. The zero-order chi connectivity index (χ0) is 19.4. The van der Waals surface area contributed by atoms with Crippen molar-refractivity contribution in [1.82, 2.24) is 5.32 Å². The van der Waals surface area contributed by atoms with E-state index in [1.807, 2.05) is 20.8 Å². The normalized spacial score (nSPS) is 12.6. The number of nitrogens with one attached hydrogen (secondary N) is 1. The second-order valence-corrected chi connectivity index (χ2v) is 8.34. The Morgan fingerprint density at radius 1 is 1.20 bits per heavy atom. The summed E-state index contributed by atoms with van der Waals surface area (Å²) in [6.07, 6.45) is 1.02. The number of hydrogen-bond acceptors (Lipinski definition) is 5.